The summed E-state index contributed by atoms with van der Waals surface area (Å²) in [5.41, 5.74) is 3.83. The van der Waals surface area contributed by atoms with E-state index in [1.54, 1.807) is 0 Å². The third-order valence-corrected chi connectivity index (χ3v) is 19.0. The van der Waals surface area contributed by atoms with Gasteiger partial charge < -0.3 is 8.97 Å². The lowest BCUT2D eigenvalue weighted by atomic mass is 9.32. The molecule has 0 radical (unpaired) electrons. The SMILES string of the molecule is C=C(C)[C@@H]1CC[C@]2(C[N+](C)(C)CCCCCCCC)CC[C@]3(C)[C@H](CC[C@@H]4[C@@]5(C)CCC([N+](C)(C)CCCCCCCC)C(C)(C)[C@@H]5CC[C@]43C)[C@@H]12. The van der Waals surface area contributed by atoms with E-state index < -0.39 is 0 Å². The van der Waals surface area contributed by atoms with Crippen LogP contribution in [-0.2, 0) is 0 Å². The topological polar surface area (TPSA) is 0 Å². The van der Waals surface area contributed by atoms with E-state index >= 15 is 0 Å². The zero-order chi connectivity index (χ0) is 38.2. The smallest absolute Gasteiger partial charge is 0.0940 e. The maximum atomic E-state index is 4.74. The van der Waals surface area contributed by atoms with Crippen molar-refractivity contribution in [1.29, 1.82) is 0 Å². The first-order chi connectivity index (χ1) is 24.4. The van der Waals surface area contributed by atoms with Gasteiger partial charge in [0.1, 0.15) is 0 Å². The highest BCUT2D eigenvalue weighted by atomic mass is 15.3. The maximum Gasteiger partial charge on any atom is 0.0940 e. The molecule has 0 amide bonds. The lowest BCUT2D eigenvalue weighted by Gasteiger charge is -2.73. The van der Waals surface area contributed by atoms with Crippen molar-refractivity contribution < 1.29 is 8.97 Å². The van der Waals surface area contributed by atoms with Crippen LogP contribution in [0, 0.1) is 56.7 Å². The predicted molar refractivity (Wildman–Crippen MR) is 228 cm³/mol. The van der Waals surface area contributed by atoms with E-state index in [4.69, 9.17) is 6.58 Å². The van der Waals surface area contributed by atoms with Gasteiger partial charge in [-0.25, -0.2) is 0 Å². The average molecular weight is 723 g/mol. The third kappa shape index (κ3) is 7.82. The number of unbranched alkanes of at least 4 members (excludes halogenated alkanes) is 10. The average Bonchev–Trinajstić information content (AvgIpc) is 3.43. The molecule has 302 valence electrons. The van der Waals surface area contributed by atoms with Crippen molar-refractivity contribution in [2.45, 2.75) is 203 Å². The quantitative estimate of drug-likeness (QED) is 0.0751. The fourth-order valence-electron chi connectivity index (χ4n) is 16.5. The highest BCUT2D eigenvalue weighted by molar-refractivity contribution is 5.21. The molecule has 0 aromatic rings. The van der Waals surface area contributed by atoms with E-state index in [0.29, 0.717) is 27.1 Å². The van der Waals surface area contributed by atoms with Crippen LogP contribution in [0.15, 0.2) is 12.2 Å². The van der Waals surface area contributed by atoms with Gasteiger partial charge in [-0.05, 0) is 136 Å². The molecule has 0 bridgehead atoms. The summed E-state index contributed by atoms with van der Waals surface area (Å²) in [5.74, 6) is 4.20. The second kappa shape index (κ2) is 16.3. The molecule has 10 atom stereocenters. The monoisotopic (exact) mass is 723 g/mol. The summed E-state index contributed by atoms with van der Waals surface area (Å²) in [6.45, 7) is 30.0. The van der Waals surface area contributed by atoms with E-state index in [2.05, 4.69) is 83.6 Å². The van der Waals surface area contributed by atoms with Crippen molar-refractivity contribution in [3.63, 3.8) is 0 Å². The van der Waals surface area contributed by atoms with E-state index in [1.807, 2.05) is 0 Å². The molecule has 0 aromatic carbocycles. The van der Waals surface area contributed by atoms with Crippen LogP contribution in [0.4, 0.5) is 0 Å². The number of hydrogen-bond donors (Lipinski definition) is 0. The van der Waals surface area contributed by atoms with Crippen molar-refractivity contribution in [1.82, 2.24) is 0 Å². The first-order valence-electron chi connectivity index (χ1n) is 23.7. The van der Waals surface area contributed by atoms with E-state index in [9.17, 15) is 0 Å². The Hall–Kier alpha value is -0.340. The summed E-state index contributed by atoms with van der Waals surface area (Å²) in [7, 11) is 10.4. The summed E-state index contributed by atoms with van der Waals surface area (Å²) in [6.07, 6.45) is 31.6. The molecule has 5 aliphatic carbocycles. The highest BCUT2D eigenvalue weighted by Crippen LogP contribution is 2.77. The Morgan fingerprint density at radius 1 is 0.596 bits per heavy atom. The molecule has 5 rings (SSSR count). The second-order valence-corrected chi connectivity index (χ2v) is 23.3. The van der Waals surface area contributed by atoms with Crippen molar-refractivity contribution in [3.8, 4) is 0 Å². The summed E-state index contributed by atoms with van der Waals surface area (Å²) in [6, 6.07) is 0.792. The highest BCUT2D eigenvalue weighted by Gasteiger charge is 2.72. The number of allylic oxidation sites excluding steroid dienone is 1. The van der Waals surface area contributed by atoms with Crippen LogP contribution in [0.25, 0.3) is 0 Å². The number of hydrogen-bond acceptors (Lipinski definition) is 0. The molecule has 0 saturated heterocycles. The molecule has 52 heavy (non-hydrogen) atoms. The zero-order valence-corrected chi connectivity index (χ0v) is 37.7. The molecule has 0 heterocycles. The number of nitrogens with zero attached hydrogens (tertiary/aromatic N) is 2. The van der Waals surface area contributed by atoms with Crippen LogP contribution in [0.3, 0.4) is 0 Å². The molecular weight excluding hydrogens is 629 g/mol. The summed E-state index contributed by atoms with van der Waals surface area (Å²) < 4.78 is 2.48. The minimum absolute atomic E-state index is 0.398. The van der Waals surface area contributed by atoms with Gasteiger partial charge in [-0.1, -0.05) is 112 Å². The van der Waals surface area contributed by atoms with Gasteiger partial charge >= 0.3 is 0 Å². The minimum Gasteiger partial charge on any atom is -0.328 e. The van der Waals surface area contributed by atoms with Gasteiger partial charge in [0.2, 0.25) is 0 Å². The summed E-state index contributed by atoms with van der Waals surface area (Å²) in [5, 5.41) is 0. The molecule has 2 heteroatoms. The Balaban J connectivity index is 1.34. The Bertz CT molecular complexity index is 1180. The van der Waals surface area contributed by atoms with Gasteiger partial charge in [0.25, 0.3) is 0 Å². The second-order valence-electron chi connectivity index (χ2n) is 23.3. The third-order valence-electron chi connectivity index (χ3n) is 19.0. The molecule has 2 nitrogen and oxygen atoms in total. The largest absolute Gasteiger partial charge is 0.328 e. The Kier molecular flexibility index (Phi) is 13.4. The van der Waals surface area contributed by atoms with Crippen LogP contribution in [0.2, 0.25) is 0 Å². The van der Waals surface area contributed by atoms with Crippen LogP contribution < -0.4 is 0 Å². The van der Waals surface area contributed by atoms with Gasteiger partial charge in [0.05, 0.1) is 53.9 Å². The summed E-state index contributed by atoms with van der Waals surface area (Å²) in [4.78, 5) is 0. The molecule has 0 spiro atoms. The number of fused-ring (bicyclic) bond motifs is 7. The van der Waals surface area contributed by atoms with Gasteiger partial charge in [-0.3, -0.25) is 0 Å². The minimum atomic E-state index is 0.398. The maximum absolute atomic E-state index is 4.74. The van der Waals surface area contributed by atoms with Crippen molar-refractivity contribution in [2.75, 3.05) is 47.8 Å². The van der Waals surface area contributed by atoms with E-state index in [-0.39, 0.29) is 0 Å². The van der Waals surface area contributed by atoms with Crippen molar-refractivity contribution in [2.24, 2.45) is 56.7 Å². The fourth-order valence-corrected chi connectivity index (χ4v) is 16.5. The molecule has 0 N–H and O–H groups in total. The van der Waals surface area contributed by atoms with E-state index in [1.165, 1.54) is 175 Å². The van der Waals surface area contributed by atoms with Crippen molar-refractivity contribution >= 4 is 0 Å². The first kappa shape index (κ1) is 42.8. The van der Waals surface area contributed by atoms with Crippen LogP contribution >= 0.6 is 0 Å². The molecule has 5 aliphatic rings. The van der Waals surface area contributed by atoms with Gasteiger partial charge in [-0.2, -0.15) is 0 Å². The molecular formula is C50H94N2+2. The molecule has 5 saturated carbocycles. The van der Waals surface area contributed by atoms with Gasteiger partial charge in [0.15, 0.2) is 0 Å². The lowest BCUT2D eigenvalue weighted by Crippen LogP contribution is -2.69. The fraction of sp³-hybridized carbons (Fsp3) is 0.960. The van der Waals surface area contributed by atoms with Crippen molar-refractivity contribution in [3.05, 3.63) is 12.2 Å². The number of rotatable bonds is 18. The Morgan fingerprint density at radius 2 is 1.19 bits per heavy atom. The number of quaternary nitrogens is 2. The van der Waals surface area contributed by atoms with Crippen LogP contribution in [-0.4, -0.2) is 62.8 Å². The lowest BCUT2D eigenvalue weighted by molar-refractivity contribution is -0.925. The Morgan fingerprint density at radius 3 is 1.81 bits per heavy atom. The standard InChI is InChI=1S/C50H94N2/c1-14-16-18-20-22-24-36-51(10,11)38-50-33-28-40(39(3)4)45(50)41-26-27-43-47(7)31-30-44(52(12,13)37-25-23-21-19-17-15-2)46(5,6)42(47)29-32-49(43,9)48(41,8)34-35-50/h40-45H,3,14-38H2,1-2,4-13H3/q+2/t40-,41+,42-,43+,44?,45+,47-,48+,49+,50+/m0/s1. The van der Waals surface area contributed by atoms with E-state index in [0.717, 1.165) is 35.6 Å². The van der Waals surface area contributed by atoms with Gasteiger partial charge in [0, 0.05) is 17.3 Å². The van der Waals surface area contributed by atoms with Gasteiger partial charge in [-0.15, -0.1) is 0 Å². The molecule has 5 fully saturated rings. The van der Waals surface area contributed by atoms with Crippen LogP contribution in [0.5, 0.6) is 0 Å². The zero-order valence-electron chi connectivity index (χ0n) is 37.7. The normalized spacial score (nSPS) is 40.1. The first-order valence-corrected chi connectivity index (χ1v) is 23.7. The summed E-state index contributed by atoms with van der Waals surface area (Å²) >= 11 is 0. The Labute approximate surface area is 327 Å². The molecule has 1 unspecified atom stereocenters. The molecule has 0 aliphatic heterocycles. The predicted octanol–water partition coefficient (Wildman–Crippen LogP) is 13.9. The van der Waals surface area contributed by atoms with Crippen LogP contribution in [0.1, 0.15) is 197 Å². The molecule has 0 aromatic heterocycles.